The van der Waals surface area contributed by atoms with Crippen molar-refractivity contribution in [2.75, 3.05) is 5.32 Å². The molecule has 4 heteroatoms. The van der Waals surface area contributed by atoms with E-state index < -0.39 is 0 Å². The molecule has 0 unspecified atom stereocenters. The summed E-state index contributed by atoms with van der Waals surface area (Å²) >= 11 is 2.25. The second-order valence-electron chi connectivity index (χ2n) is 5.11. The van der Waals surface area contributed by atoms with Gasteiger partial charge in [-0.3, -0.25) is 4.79 Å². The molecule has 94 valence electrons. The molecule has 0 spiro atoms. The normalized spacial score (nSPS) is 13.0. The Bertz CT molecular complexity index is 381. The summed E-state index contributed by atoms with van der Waals surface area (Å²) in [6.07, 6.45) is 0. The second-order valence-corrected chi connectivity index (χ2v) is 6.36. The third kappa shape index (κ3) is 5.39. The Morgan fingerprint density at radius 3 is 2.24 bits per heavy atom. The minimum Gasteiger partial charge on any atom is -0.374 e. The van der Waals surface area contributed by atoms with Gasteiger partial charge in [0, 0.05) is 14.8 Å². The Kier molecular flexibility index (Phi) is 4.80. The Labute approximate surface area is 117 Å². The van der Waals surface area contributed by atoms with Crippen LogP contribution in [0.5, 0.6) is 0 Å². The van der Waals surface area contributed by atoms with Gasteiger partial charge in [-0.15, -0.1) is 0 Å². The highest BCUT2D eigenvalue weighted by Gasteiger charge is 2.18. The number of anilines is 1. The van der Waals surface area contributed by atoms with Gasteiger partial charge >= 0.3 is 0 Å². The van der Waals surface area contributed by atoms with E-state index in [-0.39, 0.29) is 17.5 Å². The molecule has 1 atom stereocenters. The monoisotopic (exact) mass is 346 g/mol. The van der Waals surface area contributed by atoms with Crippen LogP contribution in [0.15, 0.2) is 24.3 Å². The van der Waals surface area contributed by atoms with E-state index in [0.717, 1.165) is 5.69 Å². The third-order valence-electron chi connectivity index (χ3n) is 2.12. The van der Waals surface area contributed by atoms with Crippen molar-refractivity contribution in [1.82, 2.24) is 5.32 Å². The van der Waals surface area contributed by atoms with Gasteiger partial charge in [0.1, 0.15) is 6.04 Å². The molecule has 1 amide bonds. The number of hydrogen-bond acceptors (Lipinski definition) is 2. The first-order valence-electron chi connectivity index (χ1n) is 5.62. The first kappa shape index (κ1) is 14.3. The first-order valence-corrected chi connectivity index (χ1v) is 6.70. The molecular weight excluding hydrogens is 327 g/mol. The standard InChI is InChI=1S/C13H19IN2O/c1-9(12(17)16-13(2,3)4)15-11-7-5-10(14)6-8-11/h5-9,15H,1-4H3,(H,16,17)/t9-/m1/s1. The van der Waals surface area contributed by atoms with E-state index in [2.05, 4.69) is 33.2 Å². The molecule has 0 aromatic heterocycles. The van der Waals surface area contributed by atoms with Crippen molar-refractivity contribution in [3.63, 3.8) is 0 Å². The summed E-state index contributed by atoms with van der Waals surface area (Å²) in [6.45, 7) is 7.78. The van der Waals surface area contributed by atoms with Crippen molar-refractivity contribution in [1.29, 1.82) is 0 Å². The molecule has 2 N–H and O–H groups in total. The average molecular weight is 346 g/mol. The molecule has 0 saturated carbocycles. The number of rotatable bonds is 3. The fourth-order valence-corrected chi connectivity index (χ4v) is 1.70. The van der Waals surface area contributed by atoms with Crippen LogP contribution >= 0.6 is 22.6 Å². The van der Waals surface area contributed by atoms with Crippen molar-refractivity contribution in [3.8, 4) is 0 Å². The highest BCUT2D eigenvalue weighted by molar-refractivity contribution is 14.1. The zero-order valence-electron chi connectivity index (χ0n) is 10.7. The molecule has 0 fully saturated rings. The summed E-state index contributed by atoms with van der Waals surface area (Å²) in [5.74, 6) is 0.0102. The van der Waals surface area contributed by atoms with Crippen LogP contribution in [0.4, 0.5) is 5.69 Å². The van der Waals surface area contributed by atoms with E-state index in [4.69, 9.17) is 0 Å². The van der Waals surface area contributed by atoms with Gasteiger partial charge in [-0.25, -0.2) is 0 Å². The molecule has 0 aliphatic rings. The lowest BCUT2D eigenvalue weighted by Gasteiger charge is -2.24. The zero-order valence-corrected chi connectivity index (χ0v) is 12.8. The molecular formula is C13H19IN2O. The second kappa shape index (κ2) is 5.71. The van der Waals surface area contributed by atoms with Crippen LogP contribution in [0.2, 0.25) is 0 Å². The number of hydrogen-bond donors (Lipinski definition) is 2. The van der Waals surface area contributed by atoms with Crippen molar-refractivity contribution < 1.29 is 4.79 Å². The lowest BCUT2D eigenvalue weighted by Crippen LogP contribution is -2.47. The Morgan fingerprint density at radius 1 is 1.24 bits per heavy atom. The number of carbonyl (C=O) groups is 1. The molecule has 0 heterocycles. The number of nitrogens with one attached hydrogen (secondary N) is 2. The molecule has 0 bridgehead atoms. The van der Waals surface area contributed by atoms with Crippen LogP contribution < -0.4 is 10.6 Å². The molecule has 3 nitrogen and oxygen atoms in total. The minimum absolute atomic E-state index is 0.0102. The predicted octanol–water partition coefficient (Wildman–Crippen LogP) is 3.01. The van der Waals surface area contributed by atoms with Crippen molar-refractivity contribution in [3.05, 3.63) is 27.8 Å². The Morgan fingerprint density at radius 2 is 1.76 bits per heavy atom. The SMILES string of the molecule is C[C@@H](Nc1ccc(I)cc1)C(=O)NC(C)(C)C. The molecule has 1 aromatic rings. The molecule has 0 saturated heterocycles. The van der Waals surface area contributed by atoms with Gasteiger partial charge in [-0.2, -0.15) is 0 Å². The van der Waals surface area contributed by atoms with E-state index in [1.807, 2.05) is 52.0 Å². The maximum absolute atomic E-state index is 11.9. The van der Waals surface area contributed by atoms with Gasteiger partial charge in [0.15, 0.2) is 0 Å². The topological polar surface area (TPSA) is 41.1 Å². The minimum atomic E-state index is -0.241. The van der Waals surface area contributed by atoms with Crippen molar-refractivity contribution in [2.45, 2.75) is 39.3 Å². The van der Waals surface area contributed by atoms with Crippen LogP contribution in [0.3, 0.4) is 0 Å². The van der Waals surface area contributed by atoms with Crippen LogP contribution in [-0.2, 0) is 4.79 Å². The lowest BCUT2D eigenvalue weighted by molar-refractivity contribution is -0.122. The van der Waals surface area contributed by atoms with Gasteiger partial charge in [-0.1, -0.05) is 0 Å². The number of carbonyl (C=O) groups excluding carboxylic acids is 1. The molecule has 0 radical (unpaired) electrons. The third-order valence-corrected chi connectivity index (χ3v) is 2.84. The molecule has 1 aromatic carbocycles. The largest absolute Gasteiger partial charge is 0.374 e. The van der Waals surface area contributed by atoms with Crippen molar-refractivity contribution in [2.24, 2.45) is 0 Å². The summed E-state index contributed by atoms with van der Waals surface area (Å²) in [6, 6.07) is 7.73. The summed E-state index contributed by atoms with van der Waals surface area (Å²) in [7, 11) is 0. The van der Waals surface area contributed by atoms with Gasteiger partial charge in [0.05, 0.1) is 0 Å². The number of halogens is 1. The predicted molar refractivity (Wildman–Crippen MR) is 80.1 cm³/mol. The van der Waals surface area contributed by atoms with E-state index in [9.17, 15) is 4.79 Å². The van der Waals surface area contributed by atoms with Gasteiger partial charge in [-0.05, 0) is 74.6 Å². The molecule has 1 rings (SSSR count). The van der Waals surface area contributed by atoms with Crippen LogP contribution in [0.1, 0.15) is 27.7 Å². The maximum atomic E-state index is 11.9. The van der Waals surface area contributed by atoms with Crippen LogP contribution in [-0.4, -0.2) is 17.5 Å². The Hall–Kier alpha value is -0.780. The quantitative estimate of drug-likeness (QED) is 0.827. The number of amides is 1. The summed E-state index contributed by atoms with van der Waals surface area (Å²) in [5, 5.41) is 6.12. The molecule has 17 heavy (non-hydrogen) atoms. The van der Waals surface area contributed by atoms with E-state index in [1.54, 1.807) is 0 Å². The molecule has 0 aliphatic carbocycles. The van der Waals surface area contributed by atoms with E-state index in [0.29, 0.717) is 0 Å². The fraction of sp³-hybridized carbons (Fsp3) is 0.462. The molecule has 0 aliphatic heterocycles. The van der Waals surface area contributed by atoms with Gasteiger partial charge in [0.2, 0.25) is 5.91 Å². The maximum Gasteiger partial charge on any atom is 0.242 e. The van der Waals surface area contributed by atoms with Gasteiger partial charge in [0.25, 0.3) is 0 Å². The summed E-state index contributed by atoms with van der Waals surface area (Å²) in [5.41, 5.74) is 0.765. The summed E-state index contributed by atoms with van der Waals surface area (Å²) < 4.78 is 1.18. The highest BCUT2D eigenvalue weighted by Crippen LogP contribution is 2.12. The van der Waals surface area contributed by atoms with E-state index in [1.165, 1.54) is 3.57 Å². The first-order chi connectivity index (χ1) is 7.78. The lowest BCUT2D eigenvalue weighted by atomic mass is 10.1. The highest BCUT2D eigenvalue weighted by atomic mass is 127. The average Bonchev–Trinajstić information content (AvgIpc) is 2.19. The smallest absolute Gasteiger partial charge is 0.242 e. The van der Waals surface area contributed by atoms with Crippen molar-refractivity contribution >= 4 is 34.2 Å². The fourth-order valence-electron chi connectivity index (χ4n) is 1.34. The zero-order chi connectivity index (χ0) is 13.1. The summed E-state index contributed by atoms with van der Waals surface area (Å²) in [4.78, 5) is 11.9. The number of benzene rings is 1. The van der Waals surface area contributed by atoms with Crippen LogP contribution in [0, 0.1) is 3.57 Å². The van der Waals surface area contributed by atoms with E-state index >= 15 is 0 Å². The van der Waals surface area contributed by atoms with Gasteiger partial charge < -0.3 is 10.6 Å². The van der Waals surface area contributed by atoms with Crippen LogP contribution in [0.25, 0.3) is 0 Å². The Balaban J connectivity index is 2.57.